The largest absolute Gasteiger partial charge is 0.381 e. The maximum Gasteiger partial charge on any atom is 0.144 e. The van der Waals surface area contributed by atoms with Crippen LogP contribution in [0.25, 0.3) is 0 Å². The molecule has 1 atom stereocenters. The molecule has 0 spiro atoms. The van der Waals surface area contributed by atoms with Gasteiger partial charge in [0.1, 0.15) is 6.17 Å². The van der Waals surface area contributed by atoms with E-state index in [4.69, 9.17) is 0 Å². The third kappa shape index (κ3) is 0.897. The zero-order valence-electron chi connectivity index (χ0n) is 6.39. The molecule has 1 aromatic carbocycles. The number of hydrogen-bond donors (Lipinski definition) is 1. The van der Waals surface area contributed by atoms with Gasteiger partial charge in [-0.1, -0.05) is 12.1 Å². The fraction of sp³-hybridized carbons (Fsp3) is 0.333. The average molecular weight is 151 g/mol. The van der Waals surface area contributed by atoms with Crippen molar-refractivity contribution in [3.8, 4) is 0 Å². The van der Waals surface area contributed by atoms with Gasteiger partial charge in [-0.15, -0.1) is 0 Å². The van der Waals surface area contributed by atoms with Crippen molar-refractivity contribution in [2.45, 2.75) is 13.1 Å². The van der Waals surface area contributed by atoms with Crippen LogP contribution >= 0.6 is 0 Å². The topological polar surface area (TPSA) is 12.0 Å². The summed E-state index contributed by atoms with van der Waals surface area (Å²) in [5.41, 5.74) is 2.84. The number of nitrogens with one attached hydrogen (secondary N) is 1. The molecule has 0 fully saturated rings. The molecule has 0 amide bonds. The molecule has 58 valence electrons. The van der Waals surface area contributed by atoms with Crippen LogP contribution in [-0.4, -0.2) is 6.54 Å². The predicted molar refractivity (Wildman–Crippen MR) is 43.5 cm³/mol. The molecule has 0 saturated heterocycles. The molecule has 1 heterocycles. The summed E-state index contributed by atoms with van der Waals surface area (Å²) < 4.78 is 13.1. The summed E-state index contributed by atoms with van der Waals surface area (Å²) in [4.78, 5) is 0. The van der Waals surface area contributed by atoms with E-state index in [1.807, 2.05) is 25.1 Å². The van der Waals surface area contributed by atoms with Crippen LogP contribution in [0.4, 0.5) is 10.1 Å². The summed E-state index contributed by atoms with van der Waals surface area (Å²) in [5, 5.41) is 3.02. The molecule has 2 heteroatoms. The number of benzene rings is 1. The standard InChI is InChI=1S/C9H10FN/c1-6-3-2-4-8-9(6)7(10)5-11-8/h2-4,7,11H,5H2,1H3. The third-order valence-electron chi connectivity index (χ3n) is 2.11. The minimum Gasteiger partial charge on any atom is -0.381 e. The molecule has 0 bridgehead atoms. The minimum absolute atomic E-state index is 0.431. The number of anilines is 1. The highest BCUT2D eigenvalue weighted by Gasteiger charge is 2.22. The van der Waals surface area contributed by atoms with Crippen LogP contribution in [-0.2, 0) is 0 Å². The van der Waals surface area contributed by atoms with Gasteiger partial charge < -0.3 is 5.32 Å². The molecular formula is C9H10FN. The van der Waals surface area contributed by atoms with Crippen LogP contribution in [0.2, 0.25) is 0 Å². The molecule has 2 rings (SSSR count). The highest BCUT2D eigenvalue weighted by Crippen LogP contribution is 2.34. The van der Waals surface area contributed by atoms with Crippen molar-refractivity contribution in [1.82, 2.24) is 0 Å². The number of aryl methyl sites for hydroxylation is 1. The van der Waals surface area contributed by atoms with Crippen molar-refractivity contribution in [1.29, 1.82) is 0 Å². The van der Waals surface area contributed by atoms with Crippen LogP contribution in [0.5, 0.6) is 0 Å². The summed E-state index contributed by atoms with van der Waals surface area (Å²) in [6.07, 6.45) is -0.814. The molecule has 0 aromatic heterocycles. The van der Waals surface area contributed by atoms with Gasteiger partial charge in [-0.2, -0.15) is 0 Å². The molecule has 1 aromatic rings. The zero-order chi connectivity index (χ0) is 7.84. The lowest BCUT2D eigenvalue weighted by molar-refractivity contribution is 0.372. The van der Waals surface area contributed by atoms with Crippen molar-refractivity contribution >= 4 is 5.69 Å². The van der Waals surface area contributed by atoms with E-state index in [1.54, 1.807) is 0 Å². The summed E-state index contributed by atoms with van der Waals surface area (Å²) in [7, 11) is 0. The Kier molecular flexibility index (Phi) is 1.34. The quantitative estimate of drug-likeness (QED) is 0.600. The lowest BCUT2D eigenvalue weighted by atomic mass is 10.1. The van der Waals surface area contributed by atoms with Crippen LogP contribution in [0.15, 0.2) is 18.2 Å². The second-order valence-corrected chi connectivity index (χ2v) is 2.88. The van der Waals surface area contributed by atoms with Crippen LogP contribution in [0.1, 0.15) is 17.3 Å². The van der Waals surface area contributed by atoms with Gasteiger partial charge in [0.25, 0.3) is 0 Å². The van der Waals surface area contributed by atoms with Crippen LogP contribution in [0, 0.1) is 6.92 Å². The molecule has 1 aliphatic rings. The zero-order valence-corrected chi connectivity index (χ0v) is 6.39. The maximum absolute atomic E-state index is 13.1. The van der Waals surface area contributed by atoms with Crippen molar-refractivity contribution in [2.75, 3.05) is 11.9 Å². The Labute approximate surface area is 65.2 Å². The van der Waals surface area contributed by atoms with Gasteiger partial charge in [0.15, 0.2) is 0 Å². The molecular weight excluding hydrogens is 141 g/mol. The number of halogens is 1. The van der Waals surface area contributed by atoms with Crippen molar-refractivity contribution in [3.05, 3.63) is 29.3 Å². The predicted octanol–water partition coefficient (Wildman–Crippen LogP) is 2.43. The van der Waals surface area contributed by atoms with Crippen molar-refractivity contribution < 1.29 is 4.39 Å². The van der Waals surface area contributed by atoms with Gasteiger partial charge in [-0.05, 0) is 18.6 Å². The van der Waals surface area contributed by atoms with E-state index in [2.05, 4.69) is 5.32 Å². The van der Waals surface area contributed by atoms with Gasteiger partial charge in [0.05, 0.1) is 6.54 Å². The van der Waals surface area contributed by atoms with E-state index >= 15 is 0 Å². The SMILES string of the molecule is Cc1cccc2c1C(F)CN2. The maximum atomic E-state index is 13.1. The monoisotopic (exact) mass is 151 g/mol. The second kappa shape index (κ2) is 2.22. The molecule has 0 radical (unpaired) electrons. The van der Waals surface area contributed by atoms with Crippen LogP contribution in [0.3, 0.4) is 0 Å². The first kappa shape index (κ1) is 6.65. The number of alkyl halides is 1. The molecule has 1 aliphatic heterocycles. The van der Waals surface area contributed by atoms with Gasteiger partial charge in [-0.3, -0.25) is 0 Å². The first-order chi connectivity index (χ1) is 5.29. The van der Waals surface area contributed by atoms with Gasteiger partial charge in [0.2, 0.25) is 0 Å². The minimum atomic E-state index is -0.814. The van der Waals surface area contributed by atoms with Gasteiger partial charge in [0, 0.05) is 11.3 Å². The highest BCUT2D eigenvalue weighted by atomic mass is 19.1. The van der Waals surface area contributed by atoms with E-state index in [1.165, 1.54) is 0 Å². The highest BCUT2D eigenvalue weighted by molar-refractivity contribution is 5.59. The Hall–Kier alpha value is -1.05. The van der Waals surface area contributed by atoms with Gasteiger partial charge in [-0.25, -0.2) is 4.39 Å². The lowest BCUT2D eigenvalue weighted by Crippen LogP contribution is -1.95. The Morgan fingerprint density at radius 2 is 2.36 bits per heavy atom. The number of fused-ring (bicyclic) bond motifs is 1. The van der Waals surface area contributed by atoms with Gasteiger partial charge >= 0.3 is 0 Å². The molecule has 1 nitrogen and oxygen atoms in total. The first-order valence-electron chi connectivity index (χ1n) is 3.76. The molecule has 0 aliphatic carbocycles. The fourth-order valence-electron chi connectivity index (χ4n) is 1.55. The molecule has 0 saturated carbocycles. The van der Waals surface area contributed by atoms with E-state index in [-0.39, 0.29) is 0 Å². The first-order valence-corrected chi connectivity index (χ1v) is 3.76. The number of hydrogen-bond acceptors (Lipinski definition) is 1. The summed E-state index contributed by atoms with van der Waals surface area (Å²) >= 11 is 0. The van der Waals surface area contributed by atoms with Crippen LogP contribution < -0.4 is 5.32 Å². The normalized spacial score (nSPS) is 21.1. The van der Waals surface area contributed by atoms with Crippen molar-refractivity contribution in [3.63, 3.8) is 0 Å². The van der Waals surface area contributed by atoms with E-state index < -0.39 is 6.17 Å². The Bertz CT molecular complexity index is 283. The summed E-state index contributed by atoms with van der Waals surface area (Å²) in [6, 6.07) is 5.81. The third-order valence-corrected chi connectivity index (χ3v) is 2.11. The number of rotatable bonds is 0. The van der Waals surface area contributed by atoms with E-state index in [9.17, 15) is 4.39 Å². The summed E-state index contributed by atoms with van der Waals surface area (Å²) in [5.74, 6) is 0. The smallest absolute Gasteiger partial charge is 0.144 e. The van der Waals surface area contributed by atoms with E-state index in [0.29, 0.717) is 6.54 Å². The summed E-state index contributed by atoms with van der Waals surface area (Å²) in [6.45, 7) is 2.37. The van der Waals surface area contributed by atoms with E-state index in [0.717, 1.165) is 16.8 Å². The molecule has 11 heavy (non-hydrogen) atoms. The molecule has 1 N–H and O–H groups in total. The fourth-order valence-corrected chi connectivity index (χ4v) is 1.55. The Balaban J connectivity index is 2.58. The molecule has 1 unspecified atom stereocenters. The average Bonchev–Trinajstić information content (AvgIpc) is 2.34. The van der Waals surface area contributed by atoms with Crippen molar-refractivity contribution in [2.24, 2.45) is 0 Å². The Morgan fingerprint density at radius 1 is 1.55 bits per heavy atom. The second-order valence-electron chi connectivity index (χ2n) is 2.88. The Morgan fingerprint density at radius 3 is 3.09 bits per heavy atom. The lowest BCUT2D eigenvalue weighted by Gasteiger charge is -2.02.